The van der Waals surface area contributed by atoms with E-state index in [2.05, 4.69) is 38.2 Å². The fourth-order valence-corrected chi connectivity index (χ4v) is 4.72. The Bertz CT molecular complexity index is 1280. The summed E-state index contributed by atoms with van der Waals surface area (Å²) in [7, 11) is -3.58. The molecule has 0 saturated heterocycles. The quantitative estimate of drug-likeness (QED) is 0.395. The summed E-state index contributed by atoms with van der Waals surface area (Å²) in [6, 6.07) is 15.0. The summed E-state index contributed by atoms with van der Waals surface area (Å²) >= 11 is 0. The van der Waals surface area contributed by atoms with Gasteiger partial charge >= 0.3 is 0 Å². The molecule has 6 nitrogen and oxygen atoms in total. The number of hydrogen-bond donors (Lipinski definition) is 2. The van der Waals surface area contributed by atoms with Gasteiger partial charge in [-0.2, -0.15) is 0 Å². The average Bonchev–Trinajstić information content (AvgIpc) is 2.76. The second-order valence-electron chi connectivity index (χ2n) is 7.42. The molecule has 0 aliphatic carbocycles. The highest BCUT2D eigenvalue weighted by Crippen LogP contribution is 2.18. The monoisotopic (exact) mass is 456 g/mol. The molecule has 0 saturated carbocycles. The van der Waals surface area contributed by atoms with Gasteiger partial charge in [0.15, 0.2) is 0 Å². The first-order chi connectivity index (χ1) is 14.5. The third-order valence-corrected chi connectivity index (χ3v) is 6.61. The summed E-state index contributed by atoms with van der Waals surface area (Å²) in [5, 5.41) is 7.41. The first kappa shape index (κ1) is 23.1. The molecule has 2 aromatic heterocycles. The van der Waals surface area contributed by atoms with Gasteiger partial charge in [0.2, 0.25) is 10.0 Å². The molecule has 0 fully saturated rings. The second-order valence-corrected chi connectivity index (χ2v) is 9.13. The van der Waals surface area contributed by atoms with Crippen LogP contribution in [0.2, 0.25) is 0 Å². The zero-order valence-electron chi connectivity index (χ0n) is 17.2. The molecule has 8 heteroatoms. The number of nitrogens with one attached hydrogen (secondary N) is 2. The largest absolute Gasteiger partial charge is 0.315 e. The Morgan fingerprint density at radius 2 is 1.52 bits per heavy atom. The molecule has 0 aliphatic heterocycles. The summed E-state index contributed by atoms with van der Waals surface area (Å²) in [5.41, 5.74) is 1.24. The van der Waals surface area contributed by atoms with Crippen LogP contribution in [0.15, 0.2) is 78.2 Å². The Hall–Kier alpha value is -2.58. The minimum Gasteiger partial charge on any atom is -0.315 e. The summed E-state index contributed by atoms with van der Waals surface area (Å²) in [4.78, 5) is 8.45. The summed E-state index contributed by atoms with van der Waals surface area (Å²) < 4.78 is 28.2. The Labute approximate surface area is 188 Å². The molecule has 0 amide bonds. The van der Waals surface area contributed by atoms with E-state index in [4.69, 9.17) is 0 Å². The van der Waals surface area contributed by atoms with E-state index in [-0.39, 0.29) is 23.3 Å². The van der Waals surface area contributed by atoms with Crippen LogP contribution in [0.3, 0.4) is 0 Å². The fraction of sp³-hybridized carbons (Fsp3) is 0.217. The molecule has 2 heterocycles. The van der Waals surface area contributed by atoms with Crippen molar-refractivity contribution in [3.63, 3.8) is 0 Å². The molecule has 2 aromatic carbocycles. The highest BCUT2D eigenvalue weighted by Gasteiger charge is 2.17. The number of sulfonamides is 1. The number of benzene rings is 2. The predicted octanol–water partition coefficient (Wildman–Crippen LogP) is 3.70. The van der Waals surface area contributed by atoms with Crippen molar-refractivity contribution in [1.82, 2.24) is 20.0 Å². The minimum absolute atomic E-state index is 0. The normalized spacial score (nSPS) is 12.5. The van der Waals surface area contributed by atoms with Crippen LogP contribution in [-0.2, 0) is 16.4 Å². The summed E-state index contributed by atoms with van der Waals surface area (Å²) in [6.07, 6.45) is 7.90. The maximum atomic E-state index is 12.7. The molecule has 1 atom stereocenters. The third-order valence-electron chi connectivity index (χ3n) is 5.02. The number of pyridine rings is 2. The minimum atomic E-state index is -3.58. The van der Waals surface area contributed by atoms with Crippen molar-refractivity contribution in [3.8, 4) is 0 Å². The summed E-state index contributed by atoms with van der Waals surface area (Å²) in [5.74, 6) is 0. The van der Waals surface area contributed by atoms with Gasteiger partial charge in [0.1, 0.15) is 0 Å². The lowest BCUT2D eigenvalue weighted by molar-refractivity contribution is 0.537. The van der Waals surface area contributed by atoms with Crippen LogP contribution in [0.5, 0.6) is 0 Å². The van der Waals surface area contributed by atoms with Crippen LogP contribution in [-0.4, -0.2) is 37.5 Å². The van der Waals surface area contributed by atoms with E-state index in [1.807, 2.05) is 25.3 Å². The van der Waals surface area contributed by atoms with Crippen LogP contribution in [0, 0.1) is 0 Å². The van der Waals surface area contributed by atoms with Crippen LogP contribution < -0.4 is 10.0 Å². The van der Waals surface area contributed by atoms with Gasteiger partial charge < -0.3 is 5.32 Å². The van der Waals surface area contributed by atoms with Gasteiger partial charge in [-0.15, -0.1) is 12.4 Å². The van der Waals surface area contributed by atoms with Crippen LogP contribution in [0.4, 0.5) is 0 Å². The third kappa shape index (κ3) is 5.77. The van der Waals surface area contributed by atoms with Crippen molar-refractivity contribution in [2.24, 2.45) is 0 Å². The molecular formula is C23H25ClN4O2S. The fourth-order valence-electron chi connectivity index (χ4n) is 3.44. The number of halogens is 1. The molecule has 0 bridgehead atoms. The molecule has 4 aromatic rings. The Kier molecular flexibility index (Phi) is 7.56. The zero-order valence-corrected chi connectivity index (χ0v) is 18.8. The van der Waals surface area contributed by atoms with Gasteiger partial charge in [0.25, 0.3) is 0 Å². The highest BCUT2D eigenvalue weighted by atomic mass is 35.5. The van der Waals surface area contributed by atoms with Gasteiger partial charge in [-0.1, -0.05) is 24.3 Å². The first-order valence-corrected chi connectivity index (χ1v) is 11.4. The average molecular weight is 457 g/mol. The summed E-state index contributed by atoms with van der Waals surface area (Å²) in [6.45, 7) is 3.18. The molecule has 0 aliphatic rings. The zero-order chi connectivity index (χ0) is 21.0. The molecule has 2 N–H and O–H groups in total. The maximum Gasteiger partial charge on any atom is 0.240 e. The van der Waals surface area contributed by atoms with Crippen molar-refractivity contribution in [3.05, 3.63) is 78.9 Å². The topological polar surface area (TPSA) is 84.0 Å². The van der Waals surface area contributed by atoms with Crippen LogP contribution >= 0.6 is 12.4 Å². The smallest absolute Gasteiger partial charge is 0.240 e. The van der Waals surface area contributed by atoms with E-state index in [9.17, 15) is 8.42 Å². The molecule has 162 valence electrons. The highest BCUT2D eigenvalue weighted by molar-refractivity contribution is 7.89. The molecule has 0 spiro atoms. The maximum absolute atomic E-state index is 12.7. The number of hydrogen-bond acceptors (Lipinski definition) is 5. The SMILES string of the molecule is C[C@H](CNCCc1ccc2cnccc2c1)NS(=O)(=O)c1ccc2cnccc2c1.Cl. The standard InChI is InChI=1S/C23H24N4O2S.ClH/c1-17(14-24-9-6-18-2-3-21-15-25-10-7-19(21)12-18)27-30(28,29)23-5-4-22-16-26-11-8-20(22)13-23;/h2-5,7-8,10-13,15-17,24,27H,6,9,14H2,1H3;1H/t17-;/m1./s1. The van der Waals surface area contributed by atoms with Crippen LogP contribution in [0.25, 0.3) is 21.5 Å². The van der Waals surface area contributed by atoms with Gasteiger partial charge in [0.05, 0.1) is 4.90 Å². The molecule has 4 rings (SSSR count). The van der Waals surface area contributed by atoms with Crippen LogP contribution in [0.1, 0.15) is 12.5 Å². The number of fused-ring (bicyclic) bond motifs is 2. The lowest BCUT2D eigenvalue weighted by Crippen LogP contribution is -2.40. The number of aromatic nitrogens is 2. The van der Waals surface area contributed by atoms with Crippen molar-refractivity contribution in [1.29, 1.82) is 0 Å². The van der Waals surface area contributed by atoms with Gasteiger partial charge in [-0.25, -0.2) is 13.1 Å². The van der Waals surface area contributed by atoms with E-state index < -0.39 is 10.0 Å². The predicted molar refractivity (Wildman–Crippen MR) is 127 cm³/mol. The van der Waals surface area contributed by atoms with Crippen molar-refractivity contribution in [2.75, 3.05) is 13.1 Å². The Morgan fingerprint density at radius 3 is 2.23 bits per heavy atom. The van der Waals surface area contributed by atoms with Crippen molar-refractivity contribution in [2.45, 2.75) is 24.3 Å². The van der Waals surface area contributed by atoms with Gasteiger partial charge in [0, 0.05) is 48.1 Å². The van der Waals surface area contributed by atoms with E-state index in [1.54, 1.807) is 36.8 Å². The molecule has 31 heavy (non-hydrogen) atoms. The Balaban J connectivity index is 0.00000272. The van der Waals surface area contributed by atoms with E-state index >= 15 is 0 Å². The number of nitrogens with zero attached hydrogens (tertiary/aromatic N) is 2. The van der Waals surface area contributed by atoms with Crippen molar-refractivity contribution < 1.29 is 8.42 Å². The van der Waals surface area contributed by atoms with Gasteiger partial charge in [-0.3, -0.25) is 9.97 Å². The van der Waals surface area contributed by atoms with Gasteiger partial charge in [-0.05, 0) is 60.5 Å². The lowest BCUT2D eigenvalue weighted by atomic mass is 10.1. The van der Waals surface area contributed by atoms with E-state index in [0.29, 0.717) is 6.54 Å². The first-order valence-electron chi connectivity index (χ1n) is 9.91. The van der Waals surface area contributed by atoms with E-state index in [0.717, 1.165) is 29.1 Å². The lowest BCUT2D eigenvalue weighted by Gasteiger charge is -2.15. The van der Waals surface area contributed by atoms with Crippen molar-refractivity contribution >= 4 is 44.0 Å². The van der Waals surface area contributed by atoms with E-state index in [1.165, 1.54) is 10.9 Å². The second kappa shape index (κ2) is 10.2. The number of rotatable bonds is 8. The molecular weight excluding hydrogens is 432 g/mol. The molecule has 0 unspecified atom stereocenters. The Morgan fingerprint density at radius 1 is 0.871 bits per heavy atom. The molecule has 0 radical (unpaired) electrons.